The van der Waals surface area contributed by atoms with Gasteiger partial charge in [-0.15, -0.1) is 0 Å². The molecule has 0 bridgehead atoms. The lowest BCUT2D eigenvalue weighted by Gasteiger charge is -2.05. The van der Waals surface area contributed by atoms with E-state index in [2.05, 4.69) is 0 Å². The molecule has 0 aliphatic carbocycles. The van der Waals surface area contributed by atoms with Gasteiger partial charge in [0.2, 0.25) is 5.78 Å². The Bertz CT molecular complexity index is 704. The van der Waals surface area contributed by atoms with Crippen molar-refractivity contribution in [2.75, 3.05) is 6.61 Å². The van der Waals surface area contributed by atoms with Crippen LogP contribution in [0.4, 0.5) is 0 Å². The van der Waals surface area contributed by atoms with Crippen molar-refractivity contribution in [1.82, 2.24) is 0 Å². The Balaban J connectivity index is 2.04. The summed E-state index contributed by atoms with van der Waals surface area (Å²) >= 11 is 11.7. The molecule has 0 aliphatic heterocycles. The first-order chi connectivity index (χ1) is 9.88. The molecule has 0 N–H and O–H groups in total. The van der Waals surface area contributed by atoms with Crippen LogP contribution in [-0.4, -0.2) is 18.4 Å². The molecule has 0 radical (unpaired) electrons. The second-order valence-corrected chi connectivity index (χ2v) is 5.29. The van der Waals surface area contributed by atoms with Crippen LogP contribution in [0.25, 0.3) is 0 Å². The van der Waals surface area contributed by atoms with Crippen LogP contribution in [0.5, 0.6) is 0 Å². The third-order valence-corrected chi connectivity index (χ3v) is 3.37. The molecule has 1 aromatic heterocycles. The first-order valence-electron chi connectivity index (χ1n) is 6.11. The zero-order chi connectivity index (χ0) is 15.6. The predicted molar refractivity (Wildman–Crippen MR) is 79.3 cm³/mol. The molecule has 21 heavy (non-hydrogen) atoms. The summed E-state index contributed by atoms with van der Waals surface area (Å²) in [6.45, 7) is 2.98. The van der Waals surface area contributed by atoms with Crippen LogP contribution in [0.1, 0.15) is 32.2 Å². The van der Waals surface area contributed by atoms with Crippen molar-refractivity contribution in [2.45, 2.75) is 13.8 Å². The smallest absolute Gasteiger partial charge is 0.342 e. The SMILES string of the molecule is Cc1cc(C(=O)OCC(=O)c2ccc(Cl)cc2Cl)c(C)o1. The highest BCUT2D eigenvalue weighted by molar-refractivity contribution is 6.36. The summed E-state index contributed by atoms with van der Waals surface area (Å²) < 4.78 is 10.2. The number of ether oxygens (including phenoxy) is 1. The summed E-state index contributed by atoms with van der Waals surface area (Å²) in [7, 11) is 0. The van der Waals surface area contributed by atoms with Gasteiger partial charge in [-0.1, -0.05) is 23.2 Å². The molecule has 0 aliphatic rings. The zero-order valence-electron chi connectivity index (χ0n) is 11.4. The largest absolute Gasteiger partial charge is 0.466 e. The van der Waals surface area contributed by atoms with Gasteiger partial charge in [0.1, 0.15) is 17.1 Å². The summed E-state index contributed by atoms with van der Waals surface area (Å²) in [4.78, 5) is 23.8. The lowest BCUT2D eigenvalue weighted by molar-refractivity contribution is 0.0473. The van der Waals surface area contributed by atoms with E-state index < -0.39 is 18.4 Å². The normalized spacial score (nSPS) is 10.5. The Hall–Kier alpha value is -1.78. The van der Waals surface area contributed by atoms with Crippen molar-refractivity contribution in [3.05, 3.63) is 57.0 Å². The lowest BCUT2D eigenvalue weighted by Crippen LogP contribution is -2.14. The molecule has 1 heterocycles. The monoisotopic (exact) mass is 326 g/mol. The number of hydrogen-bond acceptors (Lipinski definition) is 4. The van der Waals surface area contributed by atoms with Gasteiger partial charge in [0.25, 0.3) is 0 Å². The highest BCUT2D eigenvalue weighted by Gasteiger charge is 2.18. The van der Waals surface area contributed by atoms with Crippen molar-refractivity contribution in [1.29, 1.82) is 0 Å². The van der Waals surface area contributed by atoms with Crippen molar-refractivity contribution in [3.8, 4) is 0 Å². The molecule has 4 nitrogen and oxygen atoms in total. The van der Waals surface area contributed by atoms with E-state index >= 15 is 0 Å². The molecule has 1 aromatic carbocycles. The maximum Gasteiger partial charge on any atom is 0.342 e. The average molecular weight is 327 g/mol. The minimum Gasteiger partial charge on any atom is -0.466 e. The van der Waals surface area contributed by atoms with Crippen LogP contribution in [0.15, 0.2) is 28.7 Å². The van der Waals surface area contributed by atoms with Crippen LogP contribution in [0.2, 0.25) is 10.0 Å². The number of furan rings is 1. The van der Waals surface area contributed by atoms with Gasteiger partial charge < -0.3 is 9.15 Å². The number of carbonyl (C=O) groups is 2. The number of aryl methyl sites for hydroxylation is 2. The zero-order valence-corrected chi connectivity index (χ0v) is 12.9. The van der Waals surface area contributed by atoms with Crippen LogP contribution in [0.3, 0.4) is 0 Å². The Labute approximate surface area is 131 Å². The number of hydrogen-bond donors (Lipinski definition) is 0. The van der Waals surface area contributed by atoms with E-state index in [1.165, 1.54) is 12.1 Å². The third kappa shape index (κ3) is 3.65. The van der Waals surface area contributed by atoms with Crippen molar-refractivity contribution >= 4 is 35.0 Å². The van der Waals surface area contributed by atoms with E-state index in [1.54, 1.807) is 26.0 Å². The van der Waals surface area contributed by atoms with Crippen molar-refractivity contribution < 1.29 is 18.7 Å². The summed E-state index contributed by atoms with van der Waals surface area (Å²) in [6.07, 6.45) is 0. The number of halogens is 2. The minimum atomic E-state index is -0.609. The van der Waals surface area contributed by atoms with Gasteiger partial charge in [-0.25, -0.2) is 4.79 Å². The van der Waals surface area contributed by atoms with Crippen molar-refractivity contribution in [2.24, 2.45) is 0 Å². The van der Waals surface area contributed by atoms with Gasteiger partial charge in [-0.2, -0.15) is 0 Å². The maximum absolute atomic E-state index is 12.0. The lowest BCUT2D eigenvalue weighted by atomic mass is 10.1. The van der Waals surface area contributed by atoms with Gasteiger partial charge >= 0.3 is 5.97 Å². The van der Waals surface area contributed by atoms with Gasteiger partial charge in [0.15, 0.2) is 6.61 Å². The Morgan fingerprint density at radius 2 is 1.86 bits per heavy atom. The summed E-state index contributed by atoms with van der Waals surface area (Å²) in [5, 5.41) is 0.650. The molecule has 0 saturated heterocycles. The molecule has 6 heteroatoms. The van der Waals surface area contributed by atoms with E-state index in [-0.39, 0.29) is 10.6 Å². The Morgan fingerprint density at radius 1 is 1.14 bits per heavy atom. The van der Waals surface area contributed by atoms with Gasteiger partial charge in [-0.3, -0.25) is 4.79 Å². The maximum atomic E-state index is 12.0. The van der Waals surface area contributed by atoms with Crippen LogP contribution >= 0.6 is 23.2 Å². The predicted octanol–water partition coefficient (Wildman–Crippen LogP) is 4.24. The second kappa shape index (κ2) is 6.33. The highest BCUT2D eigenvalue weighted by atomic mass is 35.5. The summed E-state index contributed by atoms with van der Waals surface area (Å²) in [6, 6.07) is 6.07. The molecule has 0 amide bonds. The number of carbonyl (C=O) groups excluding carboxylic acids is 2. The average Bonchev–Trinajstić information content (AvgIpc) is 2.74. The van der Waals surface area contributed by atoms with E-state index in [0.717, 1.165) is 0 Å². The molecule has 0 unspecified atom stereocenters. The number of benzene rings is 1. The fourth-order valence-electron chi connectivity index (χ4n) is 1.84. The number of Topliss-reactive ketones (excluding diaryl/α,β-unsaturated/α-hetero) is 1. The first-order valence-corrected chi connectivity index (χ1v) is 6.86. The van der Waals surface area contributed by atoms with Gasteiger partial charge in [-0.05, 0) is 38.1 Å². The van der Waals surface area contributed by atoms with Crippen LogP contribution < -0.4 is 0 Å². The van der Waals surface area contributed by atoms with Crippen molar-refractivity contribution in [3.63, 3.8) is 0 Å². The van der Waals surface area contributed by atoms with E-state index in [0.29, 0.717) is 22.1 Å². The number of esters is 1. The molecular formula is C15H12Cl2O4. The molecule has 0 atom stereocenters. The summed E-state index contributed by atoms with van der Waals surface area (Å²) in [5.41, 5.74) is 0.566. The standard InChI is InChI=1S/C15H12Cl2O4/c1-8-5-12(9(2)21-8)15(19)20-7-14(18)11-4-3-10(16)6-13(11)17/h3-6H,7H2,1-2H3. The molecule has 110 valence electrons. The van der Waals surface area contributed by atoms with Gasteiger partial charge in [0.05, 0.1) is 5.02 Å². The first kappa shape index (κ1) is 15.6. The van der Waals surface area contributed by atoms with E-state index in [9.17, 15) is 9.59 Å². The summed E-state index contributed by atoms with van der Waals surface area (Å²) in [5.74, 6) is 0.0478. The molecule has 2 aromatic rings. The highest BCUT2D eigenvalue weighted by Crippen LogP contribution is 2.21. The molecule has 0 saturated carbocycles. The Morgan fingerprint density at radius 3 is 2.43 bits per heavy atom. The van der Waals surface area contributed by atoms with Crippen LogP contribution in [-0.2, 0) is 4.74 Å². The number of ketones is 1. The third-order valence-electron chi connectivity index (χ3n) is 2.83. The topological polar surface area (TPSA) is 56.5 Å². The molecular weight excluding hydrogens is 315 g/mol. The quantitative estimate of drug-likeness (QED) is 0.622. The molecule has 0 fully saturated rings. The van der Waals surface area contributed by atoms with Crippen LogP contribution in [0, 0.1) is 13.8 Å². The Kier molecular flexibility index (Phi) is 4.70. The number of rotatable bonds is 4. The molecule has 2 rings (SSSR count). The molecule has 0 spiro atoms. The van der Waals surface area contributed by atoms with E-state index in [4.69, 9.17) is 32.4 Å². The minimum absolute atomic E-state index is 0.221. The second-order valence-electron chi connectivity index (χ2n) is 4.45. The van der Waals surface area contributed by atoms with Gasteiger partial charge in [0, 0.05) is 10.6 Å². The van der Waals surface area contributed by atoms with E-state index in [1.807, 2.05) is 0 Å². The fourth-order valence-corrected chi connectivity index (χ4v) is 2.35. The fraction of sp³-hybridized carbons (Fsp3) is 0.200.